The number of hydrogen-bond donors (Lipinski definition) is 0. The number of hydrogen-bond acceptors (Lipinski definition) is 4. The lowest BCUT2D eigenvalue weighted by atomic mass is 10.1. The molecule has 3 aromatic rings. The maximum atomic E-state index is 13.6. The van der Waals surface area contributed by atoms with Crippen molar-refractivity contribution in [3.8, 4) is 28.3 Å². The van der Waals surface area contributed by atoms with E-state index < -0.39 is 11.8 Å². The molecule has 0 saturated heterocycles. The fourth-order valence-corrected chi connectivity index (χ4v) is 2.53. The standard InChI is InChI=1S/C19H17FN2O3/c1-24-18-10-14(8-9-15(18)20)16-11-17(13-6-4-3-5-7-13)22(21-16)12-19(23)25-2/h3-11H,12H2,1-2H3. The number of ether oxygens (including phenoxy) is 2. The normalized spacial score (nSPS) is 10.5. The van der Waals surface area contributed by atoms with Gasteiger partial charge < -0.3 is 9.47 Å². The second-order valence-corrected chi connectivity index (χ2v) is 5.36. The first-order valence-corrected chi connectivity index (χ1v) is 7.66. The van der Waals surface area contributed by atoms with Gasteiger partial charge in [-0.2, -0.15) is 5.10 Å². The zero-order valence-electron chi connectivity index (χ0n) is 13.9. The summed E-state index contributed by atoms with van der Waals surface area (Å²) in [4.78, 5) is 11.7. The summed E-state index contributed by atoms with van der Waals surface area (Å²) in [6.45, 7) is -0.0148. The summed E-state index contributed by atoms with van der Waals surface area (Å²) in [5.74, 6) is -0.701. The van der Waals surface area contributed by atoms with Crippen LogP contribution in [0.3, 0.4) is 0 Å². The highest BCUT2D eigenvalue weighted by atomic mass is 19.1. The van der Waals surface area contributed by atoms with E-state index in [-0.39, 0.29) is 12.3 Å². The van der Waals surface area contributed by atoms with Crippen LogP contribution in [0.15, 0.2) is 54.6 Å². The Morgan fingerprint density at radius 2 is 1.84 bits per heavy atom. The van der Waals surface area contributed by atoms with Gasteiger partial charge in [-0.3, -0.25) is 9.48 Å². The summed E-state index contributed by atoms with van der Waals surface area (Å²) in [6, 6.07) is 16.0. The lowest BCUT2D eigenvalue weighted by Gasteiger charge is -2.06. The van der Waals surface area contributed by atoms with Crippen LogP contribution in [0.2, 0.25) is 0 Å². The van der Waals surface area contributed by atoms with Crippen molar-refractivity contribution in [2.24, 2.45) is 0 Å². The summed E-state index contributed by atoms with van der Waals surface area (Å²) in [5.41, 5.74) is 2.99. The van der Waals surface area contributed by atoms with Gasteiger partial charge in [0.15, 0.2) is 11.6 Å². The van der Waals surface area contributed by atoms with Gasteiger partial charge in [-0.05, 0) is 29.8 Å². The predicted octanol–water partition coefficient (Wildman–Crippen LogP) is 3.54. The third-order valence-electron chi connectivity index (χ3n) is 3.80. The molecule has 5 nitrogen and oxygen atoms in total. The van der Waals surface area contributed by atoms with Crippen LogP contribution in [-0.4, -0.2) is 30.0 Å². The highest BCUT2D eigenvalue weighted by molar-refractivity contribution is 5.73. The molecule has 0 saturated carbocycles. The van der Waals surface area contributed by atoms with Crippen molar-refractivity contribution < 1.29 is 18.7 Å². The van der Waals surface area contributed by atoms with E-state index in [1.54, 1.807) is 16.8 Å². The number of carbonyl (C=O) groups is 1. The van der Waals surface area contributed by atoms with Gasteiger partial charge in [0.05, 0.1) is 25.6 Å². The summed E-state index contributed by atoms with van der Waals surface area (Å²) in [5, 5.41) is 4.49. The minimum atomic E-state index is -0.441. The lowest BCUT2D eigenvalue weighted by molar-refractivity contribution is -0.141. The highest BCUT2D eigenvalue weighted by Gasteiger charge is 2.15. The molecule has 0 bridgehead atoms. The lowest BCUT2D eigenvalue weighted by Crippen LogP contribution is -2.13. The number of esters is 1. The van der Waals surface area contributed by atoms with Crippen molar-refractivity contribution in [2.75, 3.05) is 14.2 Å². The zero-order valence-corrected chi connectivity index (χ0v) is 13.9. The van der Waals surface area contributed by atoms with Crippen molar-refractivity contribution in [1.29, 1.82) is 0 Å². The third-order valence-corrected chi connectivity index (χ3v) is 3.80. The first kappa shape index (κ1) is 16.7. The molecule has 1 heterocycles. The number of benzene rings is 2. The van der Waals surface area contributed by atoms with Crippen LogP contribution in [0.4, 0.5) is 4.39 Å². The van der Waals surface area contributed by atoms with Gasteiger partial charge >= 0.3 is 5.97 Å². The highest BCUT2D eigenvalue weighted by Crippen LogP contribution is 2.29. The van der Waals surface area contributed by atoms with Crippen molar-refractivity contribution in [3.05, 3.63) is 60.4 Å². The first-order valence-electron chi connectivity index (χ1n) is 7.66. The molecule has 2 aromatic carbocycles. The monoisotopic (exact) mass is 340 g/mol. The van der Waals surface area contributed by atoms with Crippen LogP contribution < -0.4 is 4.74 Å². The Balaban J connectivity index is 2.08. The molecule has 0 spiro atoms. The van der Waals surface area contributed by atoms with E-state index in [1.807, 2.05) is 36.4 Å². The molecule has 0 atom stereocenters. The Bertz CT molecular complexity index is 891. The molecule has 0 aliphatic carbocycles. The first-order chi connectivity index (χ1) is 12.1. The van der Waals surface area contributed by atoms with Gasteiger partial charge in [-0.1, -0.05) is 30.3 Å². The summed E-state index contributed by atoms with van der Waals surface area (Å²) < 4.78 is 25.0. The number of nitrogens with zero attached hydrogens (tertiary/aromatic N) is 2. The largest absolute Gasteiger partial charge is 0.494 e. The van der Waals surface area contributed by atoms with Crippen LogP contribution in [0, 0.1) is 5.82 Å². The second-order valence-electron chi connectivity index (χ2n) is 5.36. The molecular formula is C19H17FN2O3. The average Bonchev–Trinajstić information content (AvgIpc) is 3.06. The van der Waals surface area contributed by atoms with Crippen molar-refractivity contribution in [3.63, 3.8) is 0 Å². The molecule has 0 aliphatic rings. The van der Waals surface area contributed by atoms with E-state index in [9.17, 15) is 9.18 Å². The molecule has 0 radical (unpaired) electrons. The maximum Gasteiger partial charge on any atom is 0.327 e. The van der Waals surface area contributed by atoms with E-state index >= 15 is 0 Å². The van der Waals surface area contributed by atoms with E-state index in [0.717, 1.165) is 11.3 Å². The quantitative estimate of drug-likeness (QED) is 0.667. The Hall–Kier alpha value is -3.15. The van der Waals surface area contributed by atoms with Gasteiger partial charge in [0.2, 0.25) is 0 Å². The van der Waals surface area contributed by atoms with Crippen molar-refractivity contribution in [1.82, 2.24) is 9.78 Å². The smallest absolute Gasteiger partial charge is 0.327 e. The number of rotatable bonds is 5. The Kier molecular flexibility index (Phi) is 4.79. The minimum absolute atomic E-state index is 0.0148. The average molecular weight is 340 g/mol. The van der Waals surface area contributed by atoms with Crippen molar-refractivity contribution >= 4 is 5.97 Å². The molecule has 0 aliphatic heterocycles. The Morgan fingerprint density at radius 3 is 2.52 bits per heavy atom. The topological polar surface area (TPSA) is 53.4 Å². The van der Waals surface area contributed by atoms with E-state index in [2.05, 4.69) is 5.10 Å². The van der Waals surface area contributed by atoms with Crippen molar-refractivity contribution in [2.45, 2.75) is 6.54 Å². The van der Waals surface area contributed by atoms with Crippen LogP contribution in [0.1, 0.15) is 0 Å². The zero-order chi connectivity index (χ0) is 17.8. The number of carbonyl (C=O) groups excluding carboxylic acids is 1. The van der Waals surface area contributed by atoms with Gasteiger partial charge in [0.25, 0.3) is 0 Å². The molecule has 0 unspecified atom stereocenters. The predicted molar refractivity (Wildman–Crippen MR) is 91.6 cm³/mol. The van der Waals surface area contributed by atoms with Crippen LogP contribution in [0.5, 0.6) is 5.75 Å². The molecule has 1 aromatic heterocycles. The summed E-state index contributed by atoms with van der Waals surface area (Å²) >= 11 is 0. The Labute approximate surface area is 144 Å². The number of aromatic nitrogens is 2. The molecule has 25 heavy (non-hydrogen) atoms. The van der Waals surface area contributed by atoms with Gasteiger partial charge in [0, 0.05) is 5.56 Å². The molecule has 6 heteroatoms. The second kappa shape index (κ2) is 7.17. The molecule has 0 N–H and O–H groups in total. The molecule has 3 rings (SSSR count). The third kappa shape index (κ3) is 3.52. The SMILES string of the molecule is COC(=O)Cn1nc(-c2ccc(F)c(OC)c2)cc1-c1ccccc1. The van der Waals surface area contributed by atoms with E-state index in [0.29, 0.717) is 11.3 Å². The summed E-state index contributed by atoms with van der Waals surface area (Å²) in [6.07, 6.45) is 0. The maximum absolute atomic E-state index is 13.6. The van der Waals surface area contributed by atoms with E-state index in [4.69, 9.17) is 9.47 Å². The van der Waals surface area contributed by atoms with Crippen LogP contribution in [-0.2, 0) is 16.1 Å². The van der Waals surface area contributed by atoms with Gasteiger partial charge in [0.1, 0.15) is 6.54 Å². The van der Waals surface area contributed by atoms with Gasteiger partial charge in [-0.25, -0.2) is 4.39 Å². The van der Waals surface area contributed by atoms with E-state index in [1.165, 1.54) is 20.3 Å². The van der Waals surface area contributed by atoms with Crippen LogP contribution >= 0.6 is 0 Å². The molecule has 0 amide bonds. The van der Waals surface area contributed by atoms with Gasteiger partial charge in [-0.15, -0.1) is 0 Å². The Morgan fingerprint density at radius 1 is 1.08 bits per heavy atom. The molecule has 0 fully saturated rings. The fraction of sp³-hybridized carbons (Fsp3) is 0.158. The number of methoxy groups -OCH3 is 2. The molecular weight excluding hydrogens is 323 g/mol. The number of halogens is 1. The fourth-order valence-electron chi connectivity index (χ4n) is 2.53. The summed E-state index contributed by atoms with van der Waals surface area (Å²) in [7, 11) is 2.74. The minimum Gasteiger partial charge on any atom is -0.494 e. The van der Waals surface area contributed by atoms with Crippen LogP contribution in [0.25, 0.3) is 22.5 Å². The molecule has 128 valence electrons.